The van der Waals surface area contributed by atoms with E-state index in [4.69, 9.17) is 4.98 Å². The van der Waals surface area contributed by atoms with Gasteiger partial charge >= 0.3 is 0 Å². The quantitative estimate of drug-likeness (QED) is 0.436. The number of anilines is 1. The number of sulfone groups is 1. The lowest BCUT2D eigenvalue weighted by atomic mass is 9.86. The van der Waals surface area contributed by atoms with Crippen molar-refractivity contribution in [3.05, 3.63) is 54.1 Å². The van der Waals surface area contributed by atoms with E-state index in [1.54, 1.807) is 12.1 Å². The van der Waals surface area contributed by atoms with E-state index in [1.165, 1.54) is 23.8 Å². The molecule has 4 aromatic rings. The maximum Gasteiger partial charge on any atom is 0.229 e. The number of nitrogens with one attached hydrogen (secondary N) is 1. The van der Waals surface area contributed by atoms with Crippen molar-refractivity contribution in [1.29, 1.82) is 0 Å². The first-order valence-electron chi connectivity index (χ1n) is 11.6. The molecule has 172 valence electrons. The highest BCUT2D eigenvalue weighted by molar-refractivity contribution is 7.91. The van der Waals surface area contributed by atoms with Crippen LogP contribution in [0, 0.1) is 5.92 Å². The van der Waals surface area contributed by atoms with Gasteiger partial charge in [0, 0.05) is 11.4 Å². The summed E-state index contributed by atoms with van der Waals surface area (Å²) in [6.45, 7) is 6.41. The molecule has 1 N–H and O–H groups in total. The number of rotatable bonds is 5. The number of para-hydroxylation sites is 1. The van der Waals surface area contributed by atoms with Crippen molar-refractivity contribution in [3.63, 3.8) is 0 Å². The van der Waals surface area contributed by atoms with Crippen LogP contribution in [0.5, 0.6) is 0 Å². The fraction of sp³-hybridized carbons (Fsp3) is 0.400. The van der Waals surface area contributed by atoms with Crippen LogP contribution in [-0.2, 0) is 9.84 Å². The second kappa shape index (κ2) is 8.41. The molecule has 0 bridgehead atoms. The van der Waals surface area contributed by atoms with Crippen molar-refractivity contribution < 1.29 is 8.42 Å². The second-order valence-electron chi connectivity index (χ2n) is 9.35. The Morgan fingerprint density at radius 2 is 1.76 bits per heavy atom. The maximum absolute atomic E-state index is 13.5. The molecule has 0 unspecified atom stereocenters. The van der Waals surface area contributed by atoms with Gasteiger partial charge in [-0.1, -0.05) is 63.1 Å². The van der Waals surface area contributed by atoms with Gasteiger partial charge in [-0.05, 0) is 54.5 Å². The van der Waals surface area contributed by atoms with E-state index >= 15 is 0 Å². The highest BCUT2D eigenvalue weighted by atomic mass is 32.2. The van der Waals surface area contributed by atoms with Crippen LogP contribution < -0.4 is 5.32 Å². The molecule has 7 nitrogen and oxygen atoms in total. The largest absolute Gasteiger partial charge is 0.366 e. The van der Waals surface area contributed by atoms with E-state index in [1.807, 2.05) is 36.4 Å². The van der Waals surface area contributed by atoms with Crippen molar-refractivity contribution in [2.45, 2.75) is 68.3 Å². The summed E-state index contributed by atoms with van der Waals surface area (Å²) >= 11 is 0. The minimum absolute atomic E-state index is 0.120. The minimum Gasteiger partial charge on any atom is -0.366 e. The molecule has 0 saturated heterocycles. The van der Waals surface area contributed by atoms with Crippen LogP contribution in [0.25, 0.3) is 16.6 Å². The summed E-state index contributed by atoms with van der Waals surface area (Å²) < 4.78 is 28.5. The van der Waals surface area contributed by atoms with Crippen LogP contribution in [0.3, 0.4) is 0 Å². The minimum atomic E-state index is -3.88. The zero-order valence-corrected chi connectivity index (χ0v) is 20.0. The predicted octanol–water partition coefficient (Wildman–Crippen LogP) is 5.22. The summed E-state index contributed by atoms with van der Waals surface area (Å²) in [5, 5.41) is 12.7. The number of hydrogen-bond donors (Lipinski definition) is 1. The van der Waals surface area contributed by atoms with Gasteiger partial charge in [0.05, 0.1) is 10.4 Å². The predicted molar refractivity (Wildman–Crippen MR) is 129 cm³/mol. The van der Waals surface area contributed by atoms with E-state index in [0.717, 1.165) is 22.9 Å². The molecule has 0 radical (unpaired) electrons. The summed E-state index contributed by atoms with van der Waals surface area (Å²) in [7, 11) is -3.88. The number of hydrogen-bond acceptors (Lipinski definition) is 6. The van der Waals surface area contributed by atoms with Gasteiger partial charge < -0.3 is 5.32 Å². The topological polar surface area (TPSA) is 89.2 Å². The van der Waals surface area contributed by atoms with Crippen molar-refractivity contribution in [3.8, 4) is 0 Å². The van der Waals surface area contributed by atoms with E-state index in [9.17, 15) is 8.42 Å². The average Bonchev–Trinajstić information content (AvgIpc) is 3.26. The van der Waals surface area contributed by atoms with Crippen LogP contribution in [-0.4, -0.2) is 34.3 Å². The Balaban J connectivity index is 1.64. The molecule has 1 fully saturated rings. The molecule has 0 amide bonds. The van der Waals surface area contributed by atoms with Crippen LogP contribution >= 0.6 is 0 Å². The molecule has 2 atom stereocenters. The summed E-state index contributed by atoms with van der Waals surface area (Å²) in [4.78, 5) is 4.97. The normalized spacial score (nSPS) is 19.4. The molecule has 2 aromatic heterocycles. The summed E-state index contributed by atoms with van der Waals surface area (Å²) in [5.41, 5.74) is 2.10. The summed E-state index contributed by atoms with van der Waals surface area (Å²) in [6.07, 6.45) is 4.69. The lowest BCUT2D eigenvalue weighted by molar-refractivity contribution is 0.349. The highest BCUT2D eigenvalue weighted by Crippen LogP contribution is 2.32. The Morgan fingerprint density at radius 3 is 2.48 bits per heavy atom. The van der Waals surface area contributed by atoms with E-state index in [2.05, 4.69) is 36.4 Å². The van der Waals surface area contributed by atoms with Gasteiger partial charge in [-0.25, -0.2) is 13.4 Å². The Hall–Kier alpha value is -3.00. The van der Waals surface area contributed by atoms with Crippen molar-refractivity contribution in [2.24, 2.45) is 5.92 Å². The SMILES string of the molecule is CC(C)c1ccc(S(=O)(=O)c2nnn3c2nc(N[C@H]2CCCC[C@@H]2C)c2ccccc23)cc1. The first-order chi connectivity index (χ1) is 15.9. The Kier molecular flexibility index (Phi) is 5.56. The van der Waals surface area contributed by atoms with Crippen molar-refractivity contribution in [1.82, 2.24) is 19.8 Å². The number of nitrogens with zero attached hydrogens (tertiary/aromatic N) is 4. The third-order valence-electron chi connectivity index (χ3n) is 6.77. The third-order valence-corrected chi connectivity index (χ3v) is 8.43. The lowest BCUT2D eigenvalue weighted by Crippen LogP contribution is -2.30. The Morgan fingerprint density at radius 1 is 1.03 bits per heavy atom. The van der Waals surface area contributed by atoms with Gasteiger partial charge in [-0.15, -0.1) is 5.10 Å². The molecule has 2 aromatic carbocycles. The van der Waals surface area contributed by atoms with Crippen LogP contribution in [0.4, 0.5) is 5.82 Å². The van der Waals surface area contributed by atoms with Gasteiger partial charge in [0.1, 0.15) is 5.82 Å². The lowest BCUT2D eigenvalue weighted by Gasteiger charge is -2.30. The zero-order valence-electron chi connectivity index (χ0n) is 19.2. The van der Waals surface area contributed by atoms with Gasteiger partial charge in [0.15, 0.2) is 5.65 Å². The molecule has 1 aliphatic carbocycles. The zero-order chi connectivity index (χ0) is 23.2. The smallest absolute Gasteiger partial charge is 0.229 e. The first kappa shape index (κ1) is 21.8. The maximum atomic E-state index is 13.5. The molecule has 33 heavy (non-hydrogen) atoms. The average molecular weight is 464 g/mol. The molecule has 1 saturated carbocycles. The number of benzene rings is 2. The van der Waals surface area contributed by atoms with Gasteiger partial charge in [0.25, 0.3) is 0 Å². The fourth-order valence-corrected chi connectivity index (χ4v) is 5.91. The summed E-state index contributed by atoms with van der Waals surface area (Å²) in [5.74, 6) is 1.53. The Bertz CT molecular complexity index is 1410. The van der Waals surface area contributed by atoms with E-state index in [0.29, 0.717) is 23.7 Å². The van der Waals surface area contributed by atoms with Crippen molar-refractivity contribution in [2.75, 3.05) is 5.32 Å². The monoisotopic (exact) mass is 463 g/mol. The Labute approximate surface area is 194 Å². The molecular formula is C25H29N5O2S. The molecule has 0 aliphatic heterocycles. The molecule has 5 rings (SSSR count). The summed E-state index contributed by atoms with van der Waals surface area (Å²) in [6, 6.07) is 15.1. The highest BCUT2D eigenvalue weighted by Gasteiger charge is 2.28. The standard InChI is InChI=1S/C25H29N5O2S/c1-16(2)18-12-14-19(15-13-18)33(31,32)25-24-27-23(26-21-10-6-4-8-17(21)3)20-9-5-7-11-22(20)30(24)29-28-25/h5,7,9,11-17,21H,4,6,8,10H2,1-3H3,(H,26,27)/t17-,21-/m0/s1. The first-order valence-corrected chi connectivity index (χ1v) is 13.1. The van der Waals surface area contributed by atoms with Crippen LogP contribution in [0.1, 0.15) is 57.9 Å². The van der Waals surface area contributed by atoms with Gasteiger partial charge in [-0.2, -0.15) is 4.52 Å². The molecule has 1 aliphatic rings. The molecule has 2 heterocycles. The van der Waals surface area contributed by atoms with E-state index < -0.39 is 9.84 Å². The fourth-order valence-electron chi connectivity index (χ4n) is 4.68. The van der Waals surface area contributed by atoms with E-state index in [-0.39, 0.29) is 15.6 Å². The van der Waals surface area contributed by atoms with Gasteiger partial charge in [0.2, 0.25) is 14.9 Å². The molecule has 0 spiro atoms. The second-order valence-corrected chi connectivity index (χ2v) is 11.2. The molecule has 8 heteroatoms. The van der Waals surface area contributed by atoms with Gasteiger partial charge in [-0.3, -0.25) is 0 Å². The number of aromatic nitrogens is 4. The van der Waals surface area contributed by atoms with Crippen LogP contribution in [0.15, 0.2) is 58.5 Å². The molecular weight excluding hydrogens is 434 g/mol. The number of fused-ring (bicyclic) bond motifs is 3. The van der Waals surface area contributed by atoms with Crippen LogP contribution in [0.2, 0.25) is 0 Å². The van der Waals surface area contributed by atoms with Crippen molar-refractivity contribution >= 4 is 32.2 Å². The third kappa shape index (κ3) is 3.86.